The first-order valence-corrected chi connectivity index (χ1v) is 9.46. The van der Waals surface area contributed by atoms with Crippen molar-refractivity contribution in [1.82, 2.24) is 9.78 Å². The predicted octanol–water partition coefficient (Wildman–Crippen LogP) is 4.47. The third kappa shape index (κ3) is 3.07. The maximum absolute atomic E-state index is 14.2. The van der Waals surface area contributed by atoms with E-state index in [2.05, 4.69) is 5.10 Å². The number of carbonyl (C=O) groups is 2. The van der Waals surface area contributed by atoms with Crippen molar-refractivity contribution < 1.29 is 23.5 Å². The summed E-state index contributed by atoms with van der Waals surface area (Å²) in [5, 5.41) is 6.89. The van der Waals surface area contributed by atoms with Gasteiger partial charge in [-0.15, -0.1) is 11.3 Å². The third-order valence-electron chi connectivity index (χ3n) is 4.48. The van der Waals surface area contributed by atoms with Crippen LogP contribution in [0.15, 0.2) is 53.9 Å². The predicted molar refractivity (Wildman–Crippen MR) is 107 cm³/mol. The van der Waals surface area contributed by atoms with Gasteiger partial charge >= 0.3 is 11.9 Å². The van der Waals surface area contributed by atoms with Crippen molar-refractivity contribution in [1.29, 1.82) is 0 Å². The van der Waals surface area contributed by atoms with Crippen LogP contribution in [0.2, 0.25) is 0 Å². The number of rotatable bonds is 4. The van der Waals surface area contributed by atoms with E-state index in [4.69, 9.17) is 9.47 Å². The van der Waals surface area contributed by atoms with Gasteiger partial charge in [0.25, 0.3) is 0 Å². The van der Waals surface area contributed by atoms with Crippen molar-refractivity contribution in [2.24, 2.45) is 0 Å². The molecule has 0 saturated carbocycles. The topological polar surface area (TPSA) is 70.4 Å². The lowest BCUT2D eigenvalue weighted by molar-refractivity contribution is 0.0549. The van der Waals surface area contributed by atoms with Crippen molar-refractivity contribution in [3.05, 3.63) is 71.0 Å². The van der Waals surface area contributed by atoms with Gasteiger partial charge in [-0.25, -0.2) is 18.7 Å². The molecule has 0 atom stereocenters. The van der Waals surface area contributed by atoms with Crippen molar-refractivity contribution in [2.75, 3.05) is 14.2 Å². The number of fused-ring (bicyclic) bond motifs is 1. The Labute approximate surface area is 169 Å². The molecular formula is C21H15FN2O4S. The third-order valence-corrected chi connectivity index (χ3v) is 5.40. The van der Waals surface area contributed by atoms with Crippen LogP contribution in [-0.4, -0.2) is 35.9 Å². The number of para-hydroxylation sites is 1. The van der Waals surface area contributed by atoms with Gasteiger partial charge in [-0.1, -0.05) is 18.2 Å². The Bertz CT molecular complexity index is 1230. The second-order valence-electron chi connectivity index (χ2n) is 6.06. The maximum atomic E-state index is 14.2. The standard InChI is InChI=1S/C21H15FN2O4S/c1-27-20(25)16-17(13-8-9-15(22)19-14(13)10-11-29-19)23-24(18(16)21(26)28-2)12-6-4-3-5-7-12/h3-11H,1-2H3. The van der Waals surface area contributed by atoms with Gasteiger partial charge in [0, 0.05) is 10.9 Å². The molecule has 2 heterocycles. The molecule has 0 N–H and O–H groups in total. The summed E-state index contributed by atoms with van der Waals surface area (Å²) in [6.45, 7) is 0. The first kappa shape index (κ1) is 18.8. The highest BCUT2D eigenvalue weighted by Gasteiger charge is 2.32. The number of benzene rings is 2. The molecule has 0 radical (unpaired) electrons. The number of aromatic nitrogens is 2. The van der Waals surface area contributed by atoms with E-state index in [-0.39, 0.29) is 22.8 Å². The van der Waals surface area contributed by atoms with Crippen LogP contribution in [0.5, 0.6) is 0 Å². The molecule has 6 nitrogen and oxygen atoms in total. The number of methoxy groups -OCH3 is 2. The highest BCUT2D eigenvalue weighted by molar-refractivity contribution is 7.17. The Kier molecular flexibility index (Phi) is 4.85. The average molecular weight is 410 g/mol. The molecule has 0 aliphatic rings. The van der Waals surface area contributed by atoms with E-state index < -0.39 is 11.9 Å². The normalized spacial score (nSPS) is 10.9. The highest BCUT2D eigenvalue weighted by Crippen LogP contribution is 2.36. The summed E-state index contributed by atoms with van der Waals surface area (Å²) < 4.78 is 25.8. The van der Waals surface area contributed by atoms with E-state index in [9.17, 15) is 14.0 Å². The second kappa shape index (κ2) is 7.48. The molecule has 4 aromatic rings. The lowest BCUT2D eigenvalue weighted by Crippen LogP contribution is -2.15. The maximum Gasteiger partial charge on any atom is 0.357 e. The zero-order valence-corrected chi connectivity index (χ0v) is 16.3. The molecule has 0 spiro atoms. The Hall–Kier alpha value is -3.52. The summed E-state index contributed by atoms with van der Waals surface area (Å²) in [4.78, 5) is 25.3. The molecule has 2 aromatic carbocycles. The van der Waals surface area contributed by atoms with Gasteiger partial charge in [0.2, 0.25) is 0 Å². The SMILES string of the molecule is COC(=O)c1c(-c2ccc(F)c3sccc23)nn(-c2ccccc2)c1C(=O)OC. The van der Waals surface area contributed by atoms with E-state index >= 15 is 0 Å². The summed E-state index contributed by atoms with van der Waals surface area (Å²) in [5.41, 5.74) is 1.19. The molecule has 0 saturated heterocycles. The number of hydrogen-bond acceptors (Lipinski definition) is 6. The average Bonchev–Trinajstić information content (AvgIpc) is 3.39. The van der Waals surface area contributed by atoms with Crippen LogP contribution in [0.3, 0.4) is 0 Å². The smallest absolute Gasteiger partial charge is 0.357 e. The van der Waals surface area contributed by atoms with Crippen LogP contribution in [0, 0.1) is 5.82 Å². The van der Waals surface area contributed by atoms with E-state index in [1.807, 2.05) is 6.07 Å². The van der Waals surface area contributed by atoms with Crippen LogP contribution >= 0.6 is 11.3 Å². The minimum absolute atomic E-state index is 0.0395. The molecule has 0 aliphatic heterocycles. The van der Waals surface area contributed by atoms with Crippen molar-refractivity contribution in [2.45, 2.75) is 0 Å². The molecule has 4 rings (SSSR count). The minimum atomic E-state index is -0.740. The van der Waals surface area contributed by atoms with Gasteiger partial charge in [0.15, 0.2) is 5.69 Å². The van der Waals surface area contributed by atoms with Gasteiger partial charge in [0.05, 0.1) is 24.6 Å². The van der Waals surface area contributed by atoms with Crippen molar-refractivity contribution in [3.8, 4) is 16.9 Å². The van der Waals surface area contributed by atoms with Crippen molar-refractivity contribution in [3.63, 3.8) is 0 Å². The van der Waals surface area contributed by atoms with Gasteiger partial charge in [0.1, 0.15) is 17.1 Å². The Morgan fingerprint density at radius 3 is 2.41 bits per heavy atom. The lowest BCUT2D eigenvalue weighted by atomic mass is 10.0. The van der Waals surface area contributed by atoms with Crippen LogP contribution in [0.4, 0.5) is 4.39 Å². The second-order valence-corrected chi connectivity index (χ2v) is 6.98. The molecule has 0 amide bonds. The van der Waals surface area contributed by atoms with Gasteiger partial charge in [-0.3, -0.25) is 0 Å². The fourth-order valence-corrected chi connectivity index (χ4v) is 4.00. The molecular weight excluding hydrogens is 395 g/mol. The summed E-state index contributed by atoms with van der Waals surface area (Å²) in [5.74, 6) is -1.85. The first-order valence-electron chi connectivity index (χ1n) is 8.58. The number of thiophene rings is 1. The molecule has 0 fully saturated rings. The van der Waals surface area contributed by atoms with Crippen LogP contribution in [0.25, 0.3) is 27.0 Å². The Morgan fingerprint density at radius 2 is 1.72 bits per heavy atom. The Balaban J connectivity index is 2.10. The molecule has 146 valence electrons. The number of nitrogens with zero attached hydrogens (tertiary/aromatic N) is 2. The largest absolute Gasteiger partial charge is 0.465 e. The van der Waals surface area contributed by atoms with Crippen LogP contribution in [0.1, 0.15) is 20.8 Å². The molecule has 2 aromatic heterocycles. The number of carbonyl (C=O) groups excluding carboxylic acids is 2. The highest BCUT2D eigenvalue weighted by atomic mass is 32.1. The van der Waals surface area contributed by atoms with Gasteiger partial charge in [-0.05, 0) is 35.7 Å². The fourth-order valence-electron chi connectivity index (χ4n) is 3.18. The summed E-state index contributed by atoms with van der Waals surface area (Å²) in [6.07, 6.45) is 0. The van der Waals surface area contributed by atoms with Gasteiger partial charge < -0.3 is 9.47 Å². The minimum Gasteiger partial charge on any atom is -0.465 e. The number of ether oxygens (including phenoxy) is 2. The molecule has 0 unspecified atom stereocenters. The number of hydrogen-bond donors (Lipinski definition) is 0. The first-order chi connectivity index (χ1) is 14.1. The monoisotopic (exact) mass is 410 g/mol. The molecule has 0 bridgehead atoms. The van der Waals surface area contributed by atoms with Gasteiger partial charge in [-0.2, -0.15) is 5.10 Å². The summed E-state index contributed by atoms with van der Waals surface area (Å²) in [7, 11) is 2.44. The zero-order chi connectivity index (χ0) is 20.5. The number of esters is 2. The zero-order valence-electron chi connectivity index (χ0n) is 15.5. The van der Waals surface area contributed by atoms with E-state index in [0.717, 1.165) is 0 Å². The Morgan fingerprint density at radius 1 is 1.00 bits per heavy atom. The molecule has 29 heavy (non-hydrogen) atoms. The molecule has 8 heteroatoms. The quantitative estimate of drug-likeness (QED) is 0.465. The fraction of sp³-hybridized carbons (Fsp3) is 0.0952. The van der Waals surface area contributed by atoms with Crippen LogP contribution < -0.4 is 0 Å². The van der Waals surface area contributed by atoms with E-state index in [0.29, 0.717) is 21.3 Å². The summed E-state index contributed by atoms with van der Waals surface area (Å²) in [6, 6.07) is 13.5. The van der Waals surface area contributed by atoms with Crippen LogP contribution in [-0.2, 0) is 9.47 Å². The summed E-state index contributed by atoms with van der Waals surface area (Å²) >= 11 is 1.24. The van der Waals surface area contributed by atoms with E-state index in [1.165, 1.54) is 42.4 Å². The molecule has 0 aliphatic carbocycles. The lowest BCUT2D eigenvalue weighted by Gasteiger charge is -2.07. The number of halogens is 1. The van der Waals surface area contributed by atoms with Crippen molar-refractivity contribution >= 4 is 33.4 Å². The van der Waals surface area contributed by atoms with E-state index in [1.54, 1.807) is 35.7 Å².